The van der Waals surface area contributed by atoms with E-state index in [2.05, 4.69) is 72.0 Å². The van der Waals surface area contributed by atoms with Crippen molar-refractivity contribution in [3.63, 3.8) is 0 Å². The van der Waals surface area contributed by atoms with E-state index in [0.29, 0.717) is 0 Å². The molecule has 0 radical (unpaired) electrons. The van der Waals surface area contributed by atoms with E-state index in [-0.39, 0.29) is 0 Å². The number of fused-ring (bicyclic) bond motifs is 1. The van der Waals surface area contributed by atoms with Crippen molar-refractivity contribution in [2.75, 3.05) is 0 Å². The highest BCUT2D eigenvalue weighted by Crippen LogP contribution is 2.41. The van der Waals surface area contributed by atoms with E-state index in [1.54, 1.807) is 0 Å². The van der Waals surface area contributed by atoms with Crippen LogP contribution in [-0.4, -0.2) is 14.8 Å². The molecule has 1 fully saturated rings. The first-order chi connectivity index (χ1) is 11.6. The molecule has 2 heterocycles. The van der Waals surface area contributed by atoms with E-state index < -0.39 is 0 Å². The fourth-order valence-corrected chi connectivity index (χ4v) is 3.49. The van der Waals surface area contributed by atoms with Crippen molar-refractivity contribution < 1.29 is 0 Å². The number of benzene rings is 1. The Bertz CT molecular complexity index is 906. The lowest BCUT2D eigenvalue weighted by molar-refractivity contribution is 0.597. The maximum Gasteiger partial charge on any atom is 0.110 e. The molecule has 24 heavy (non-hydrogen) atoms. The molecule has 3 aromatic rings. The van der Waals surface area contributed by atoms with E-state index in [1.807, 2.05) is 12.3 Å². The van der Waals surface area contributed by atoms with Crippen molar-refractivity contribution in [1.82, 2.24) is 14.8 Å². The van der Waals surface area contributed by atoms with E-state index in [4.69, 9.17) is 0 Å². The van der Waals surface area contributed by atoms with Crippen molar-refractivity contribution >= 4 is 23.1 Å². The van der Waals surface area contributed by atoms with Crippen LogP contribution in [0.15, 0.2) is 36.5 Å². The molecule has 0 saturated heterocycles. The summed E-state index contributed by atoms with van der Waals surface area (Å²) < 4.78 is 2.46. The molecule has 1 aromatic carbocycles. The van der Waals surface area contributed by atoms with Crippen molar-refractivity contribution in [3.8, 4) is 0 Å². The summed E-state index contributed by atoms with van der Waals surface area (Å²) in [5.41, 5.74) is 6.03. The van der Waals surface area contributed by atoms with Crippen LogP contribution >= 0.6 is 0 Å². The molecule has 1 aliphatic carbocycles. The summed E-state index contributed by atoms with van der Waals surface area (Å²) in [5.74, 6) is 1.65. The Labute approximate surface area is 143 Å². The minimum absolute atomic E-state index is 0.804. The van der Waals surface area contributed by atoms with Gasteiger partial charge in [0.1, 0.15) is 5.69 Å². The highest BCUT2D eigenvalue weighted by atomic mass is 15.1. The molecule has 0 amide bonds. The molecule has 3 nitrogen and oxygen atoms in total. The van der Waals surface area contributed by atoms with Gasteiger partial charge in [0, 0.05) is 17.6 Å². The van der Waals surface area contributed by atoms with Crippen LogP contribution < -0.4 is 0 Å². The molecular weight excluding hydrogens is 294 g/mol. The second kappa shape index (κ2) is 5.90. The predicted octanol–water partition coefficient (Wildman–Crippen LogP) is 4.87. The Morgan fingerprint density at radius 2 is 1.92 bits per heavy atom. The summed E-state index contributed by atoms with van der Waals surface area (Å²) >= 11 is 0. The molecule has 1 aliphatic rings. The number of aryl methyl sites for hydroxylation is 1. The van der Waals surface area contributed by atoms with Crippen LogP contribution in [0.25, 0.3) is 23.1 Å². The minimum Gasteiger partial charge on any atom is -0.342 e. The molecule has 0 aliphatic heterocycles. The van der Waals surface area contributed by atoms with Gasteiger partial charge in [0.05, 0.1) is 11.7 Å². The first-order valence-electron chi connectivity index (χ1n) is 8.69. The summed E-state index contributed by atoms with van der Waals surface area (Å²) in [6, 6.07) is 10.3. The SMILES string of the molecule is Cc1c(C)n(CC2CC2C)c2c(C=Cc3ccccc3)nncc12. The third-order valence-corrected chi connectivity index (χ3v) is 5.40. The zero-order valence-electron chi connectivity index (χ0n) is 14.5. The lowest BCUT2D eigenvalue weighted by Crippen LogP contribution is -2.04. The van der Waals surface area contributed by atoms with Crippen molar-refractivity contribution in [1.29, 1.82) is 0 Å². The van der Waals surface area contributed by atoms with Crippen LogP contribution in [0.3, 0.4) is 0 Å². The van der Waals surface area contributed by atoms with Gasteiger partial charge in [-0.15, -0.1) is 5.10 Å². The smallest absolute Gasteiger partial charge is 0.110 e. The second-order valence-electron chi connectivity index (χ2n) is 7.03. The van der Waals surface area contributed by atoms with Crippen molar-refractivity contribution in [3.05, 3.63) is 59.0 Å². The minimum atomic E-state index is 0.804. The zero-order chi connectivity index (χ0) is 16.7. The van der Waals surface area contributed by atoms with Crippen LogP contribution in [0.4, 0.5) is 0 Å². The number of hydrogen-bond donors (Lipinski definition) is 0. The highest BCUT2D eigenvalue weighted by molar-refractivity contribution is 5.91. The molecule has 2 aromatic heterocycles. The molecule has 122 valence electrons. The second-order valence-corrected chi connectivity index (χ2v) is 7.03. The standard InChI is InChI=1S/C21H23N3/c1-14-11-18(14)13-24-16(3)15(2)19-12-22-23-20(21(19)24)10-9-17-7-5-4-6-8-17/h4-10,12,14,18H,11,13H2,1-3H3. The van der Waals surface area contributed by atoms with Gasteiger partial charge in [-0.1, -0.05) is 43.3 Å². The molecule has 3 heteroatoms. The number of nitrogens with zero attached hydrogens (tertiary/aromatic N) is 3. The van der Waals surface area contributed by atoms with Crippen LogP contribution in [0.1, 0.15) is 35.9 Å². The maximum absolute atomic E-state index is 4.43. The van der Waals surface area contributed by atoms with Gasteiger partial charge in [-0.25, -0.2) is 0 Å². The summed E-state index contributed by atoms with van der Waals surface area (Å²) in [6.07, 6.45) is 7.46. The lowest BCUT2D eigenvalue weighted by Gasteiger charge is -2.09. The van der Waals surface area contributed by atoms with Crippen LogP contribution in [0.2, 0.25) is 0 Å². The third-order valence-electron chi connectivity index (χ3n) is 5.40. The van der Waals surface area contributed by atoms with Gasteiger partial charge < -0.3 is 4.57 Å². The summed E-state index contributed by atoms with van der Waals surface area (Å²) in [5, 5.41) is 9.89. The average molecular weight is 317 g/mol. The molecule has 0 spiro atoms. The van der Waals surface area contributed by atoms with Crippen LogP contribution in [0, 0.1) is 25.7 Å². The van der Waals surface area contributed by atoms with E-state index in [9.17, 15) is 0 Å². The normalized spacial score (nSPS) is 20.1. The quantitative estimate of drug-likeness (QED) is 0.687. The van der Waals surface area contributed by atoms with E-state index >= 15 is 0 Å². The lowest BCUT2D eigenvalue weighted by atomic mass is 10.1. The number of aromatic nitrogens is 3. The summed E-state index contributed by atoms with van der Waals surface area (Å²) in [6.45, 7) is 7.84. The van der Waals surface area contributed by atoms with Crippen molar-refractivity contribution in [2.24, 2.45) is 11.8 Å². The first kappa shape index (κ1) is 15.1. The topological polar surface area (TPSA) is 30.7 Å². The molecule has 4 rings (SSSR count). The summed E-state index contributed by atoms with van der Waals surface area (Å²) in [7, 11) is 0. The maximum atomic E-state index is 4.43. The Kier molecular flexibility index (Phi) is 3.72. The highest BCUT2D eigenvalue weighted by Gasteiger charge is 2.33. The monoisotopic (exact) mass is 317 g/mol. The number of hydrogen-bond acceptors (Lipinski definition) is 2. The first-order valence-corrected chi connectivity index (χ1v) is 8.69. The van der Waals surface area contributed by atoms with Gasteiger partial charge in [0.15, 0.2) is 0 Å². The van der Waals surface area contributed by atoms with Gasteiger partial charge in [0.25, 0.3) is 0 Å². The largest absolute Gasteiger partial charge is 0.342 e. The molecular formula is C21H23N3. The predicted molar refractivity (Wildman–Crippen MR) is 99.6 cm³/mol. The Balaban J connectivity index is 1.80. The molecule has 2 atom stereocenters. The molecule has 1 saturated carbocycles. The third kappa shape index (κ3) is 2.64. The van der Waals surface area contributed by atoms with Crippen LogP contribution in [-0.2, 0) is 6.54 Å². The Morgan fingerprint density at radius 1 is 1.17 bits per heavy atom. The van der Waals surface area contributed by atoms with Gasteiger partial charge in [-0.3, -0.25) is 0 Å². The number of rotatable bonds is 4. The molecule has 0 N–H and O–H groups in total. The molecule has 0 bridgehead atoms. The van der Waals surface area contributed by atoms with E-state index in [1.165, 1.54) is 34.1 Å². The van der Waals surface area contributed by atoms with Gasteiger partial charge >= 0.3 is 0 Å². The van der Waals surface area contributed by atoms with E-state index in [0.717, 1.165) is 24.1 Å². The fraction of sp³-hybridized carbons (Fsp3) is 0.333. The fourth-order valence-electron chi connectivity index (χ4n) is 3.49. The Morgan fingerprint density at radius 3 is 2.62 bits per heavy atom. The van der Waals surface area contributed by atoms with Crippen molar-refractivity contribution in [2.45, 2.75) is 33.7 Å². The zero-order valence-corrected chi connectivity index (χ0v) is 14.5. The Hall–Kier alpha value is -2.42. The average Bonchev–Trinajstić information content (AvgIpc) is 3.26. The molecule has 2 unspecified atom stereocenters. The van der Waals surface area contributed by atoms with Crippen LogP contribution in [0.5, 0.6) is 0 Å². The summed E-state index contributed by atoms with van der Waals surface area (Å²) in [4.78, 5) is 0. The van der Waals surface area contributed by atoms with Gasteiger partial charge in [-0.2, -0.15) is 5.10 Å². The van der Waals surface area contributed by atoms with Gasteiger partial charge in [-0.05, 0) is 49.3 Å². The van der Waals surface area contributed by atoms with Gasteiger partial charge in [0.2, 0.25) is 0 Å².